The molecule has 0 radical (unpaired) electrons. The van der Waals surface area contributed by atoms with Crippen molar-refractivity contribution in [2.45, 2.75) is 37.8 Å². The van der Waals surface area contributed by atoms with Gasteiger partial charge in [0.15, 0.2) is 0 Å². The number of rotatable bonds is 1. The Morgan fingerprint density at radius 1 is 1.20 bits per heavy atom. The molecule has 1 heterocycles. The molecule has 1 aliphatic carbocycles. The van der Waals surface area contributed by atoms with E-state index in [-0.39, 0.29) is 30.2 Å². The number of fused-ring (bicyclic) bond motifs is 1. The van der Waals surface area contributed by atoms with Crippen LogP contribution in [0, 0.1) is 11.7 Å². The molecule has 4 nitrogen and oxygen atoms in total. The molecule has 20 heavy (non-hydrogen) atoms. The van der Waals surface area contributed by atoms with E-state index in [4.69, 9.17) is 0 Å². The molecule has 1 saturated heterocycles. The maximum atomic E-state index is 12.9. The minimum atomic E-state index is -0.434. The summed E-state index contributed by atoms with van der Waals surface area (Å²) < 4.78 is 12.9. The highest BCUT2D eigenvalue weighted by molar-refractivity contribution is 6.05. The van der Waals surface area contributed by atoms with Crippen molar-refractivity contribution in [1.82, 2.24) is 4.90 Å². The van der Waals surface area contributed by atoms with E-state index >= 15 is 0 Å². The monoisotopic (exact) mass is 277 g/mol. The summed E-state index contributed by atoms with van der Waals surface area (Å²) in [6, 6.07) is 4.98. The first-order chi connectivity index (χ1) is 9.58. The molecule has 3 unspecified atom stereocenters. The van der Waals surface area contributed by atoms with Crippen LogP contribution in [0.25, 0.3) is 0 Å². The van der Waals surface area contributed by atoms with Crippen molar-refractivity contribution in [3.05, 3.63) is 35.6 Å². The molecule has 1 N–H and O–H groups in total. The summed E-state index contributed by atoms with van der Waals surface area (Å²) in [5, 5.41) is 9.92. The minimum absolute atomic E-state index is 0.0166. The van der Waals surface area contributed by atoms with Crippen molar-refractivity contribution in [2.24, 2.45) is 5.92 Å². The van der Waals surface area contributed by atoms with Gasteiger partial charge < -0.3 is 5.11 Å². The lowest BCUT2D eigenvalue weighted by atomic mass is 9.89. The van der Waals surface area contributed by atoms with Crippen molar-refractivity contribution in [2.75, 3.05) is 0 Å². The normalized spacial score (nSPS) is 29.4. The zero-order valence-electron chi connectivity index (χ0n) is 11.0. The minimum Gasteiger partial charge on any atom is -0.393 e. The Bertz CT molecular complexity index is 543. The lowest BCUT2D eigenvalue weighted by Crippen LogP contribution is -2.51. The molecule has 5 heteroatoms. The molecular weight excluding hydrogens is 261 g/mol. The molecular formula is C15H16FNO3. The van der Waals surface area contributed by atoms with Crippen LogP contribution >= 0.6 is 0 Å². The summed E-state index contributed by atoms with van der Waals surface area (Å²) >= 11 is 0. The lowest BCUT2D eigenvalue weighted by Gasteiger charge is -2.36. The van der Waals surface area contributed by atoms with Gasteiger partial charge in [-0.3, -0.25) is 14.5 Å². The van der Waals surface area contributed by atoms with Crippen LogP contribution in [-0.4, -0.2) is 34.0 Å². The van der Waals surface area contributed by atoms with Gasteiger partial charge in [0.05, 0.1) is 6.10 Å². The summed E-state index contributed by atoms with van der Waals surface area (Å²) in [7, 11) is 0. The van der Waals surface area contributed by atoms with Crippen LogP contribution < -0.4 is 0 Å². The van der Waals surface area contributed by atoms with Crippen LogP contribution in [0.1, 0.15) is 36.0 Å². The highest BCUT2D eigenvalue weighted by atomic mass is 19.1. The number of aliphatic hydroxyl groups excluding tert-OH is 1. The van der Waals surface area contributed by atoms with Crippen LogP contribution in [0.2, 0.25) is 0 Å². The third-order valence-electron chi connectivity index (χ3n) is 4.35. The zero-order valence-corrected chi connectivity index (χ0v) is 11.0. The van der Waals surface area contributed by atoms with Gasteiger partial charge in [-0.2, -0.15) is 0 Å². The number of benzene rings is 1. The Morgan fingerprint density at radius 2 is 1.90 bits per heavy atom. The Labute approximate surface area is 116 Å². The van der Waals surface area contributed by atoms with Crippen LogP contribution in [0.3, 0.4) is 0 Å². The fourth-order valence-electron chi connectivity index (χ4n) is 3.32. The van der Waals surface area contributed by atoms with Gasteiger partial charge in [-0.05, 0) is 43.5 Å². The van der Waals surface area contributed by atoms with Gasteiger partial charge >= 0.3 is 0 Å². The topological polar surface area (TPSA) is 57.6 Å². The van der Waals surface area contributed by atoms with E-state index in [1.54, 1.807) is 0 Å². The van der Waals surface area contributed by atoms with E-state index in [2.05, 4.69) is 0 Å². The second-order valence-corrected chi connectivity index (χ2v) is 5.49. The number of carbonyl (C=O) groups is 2. The highest BCUT2D eigenvalue weighted by Crippen LogP contribution is 2.38. The molecule has 1 aromatic carbocycles. The maximum Gasteiger partial charge on any atom is 0.260 e. The average Bonchev–Trinajstić information content (AvgIpc) is 2.80. The van der Waals surface area contributed by atoms with Crippen molar-refractivity contribution in [3.63, 3.8) is 0 Å². The predicted octanol–water partition coefficient (Wildman–Crippen LogP) is 1.73. The third-order valence-corrected chi connectivity index (χ3v) is 4.35. The summed E-state index contributed by atoms with van der Waals surface area (Å²) in [5.74, 6) is -1.02. The fraction of sp³-hybridized carbons (Fsp3) is 0.467. The van der Waals surface area contributed by atoms with Gasteiger partial charge in [-0.15, -0.1) is 0 Å². The molecule has 3 rings (SSSR count). The first-order valence-corrected chi connectivity index (χ1v) is 6.88. The number of hydrogen-bond acceptors (Lipinski definition) is 3. The molecule has 106 valence electrons. The SMILES string of the molecule is O=C1CCC2C(O)CCC2N1C(=O)c1ccc(F)cc1. The van der Waals surface area contributed by atoms with Crippen LogP contribution in [0.15, 0.2) is 24.3 Å². The summed E-state index contributed by atoms with van der Waals surface area (Å²) in [4.78, 5) is 25.8. The second-order valence-electron chi connectivity index (χ2n) is 5.49. The second kappa shape index (κ2) is 4.98. The number of nitrogens with zero attached hydrogens (tertiary/aromatic N) is 1. The molecule has 2 amide bonds. The zero-order chi connectivity index (χ0) is 14.3. The molecule has 3 atom stereocenters. The highest BCUT2D eigenvalue weighted by Gasteiger charge is 2.46. The first kappa shape index (κ1) is 13.2. The Morgan fingerprint density at radius 3 is 2.60 bits per heavy atom. The van der Waals surface area contributed by atoms with Gasteiger partial charge in [0.25, 0.3) is 5.91 Å². The Kier molecular flexibility index (Phi) is 3.30. The molecule has 0 bridgehead atoms. The quantitative estimate of drug-likeness (QED) is 0.795. The van der Waals surface area contributed by atoms with E-state index in [9.17, 15) is 19.1 Å². The molecule has 0 spiro atoms. The van der Waals surface area contributed by atoms with Crippen LogP contribution in [0.5, 0.6) is 0 Å². The third kappa shape index (κ3) is 2.12. The van der Waals surface area contributed by atoms with E-state index < -0.39 is 11.9 Å². The lowest BCUT2D eigenvalue weighted by molar-refractivity contribution is -0.135. The van der Waals surface area contributed by atoms with E-state index in [1.807, 2.05) is 0 Å². The summed E-state index contributed by atoms with van der Waals surface area (Å²) in [6.07, 6.45) is 1.75. The molecule has 1 saturated carbocycles. The standard InChI is InChI=1S/C15H16FNO3/c16-10-3-1-9(2-4-10)15(20)17-12-6-7-13(18)11(12)5-8-14(17)19/h1-4,11-13,18H,5-8H2. The van der Waals surface area contributed by atoms with Crippen molar-refractivity contribution < 1.29 is 19.1 Å². The molecule has 1 aromatic rings. The van der Waals surface area contributed by atoms with Gasteiger partial charge in [0, 0.05) is 23.9 Å². The first-order valence-electron chi connectivity index (χ1n) is 6.88. The van der Waals surface area contributed by atoms with E-state index in [0.29, 0.717) is 24.8 Å². The summed E-state index contributed by atoms with van der Waals surface area (Å²) in [6.45, 7) is 0. The average molecular weight is 277 g/mol. The Balaban J connectivity index is 1.88. The smallest absolute Gasteiger partial charge is 0.260 e. The van der Waals surface area contributed by atoms with Gasteiger partial charge in [-0.1, -0.05) is 0 Å². The molecule has 0 aromatic heterocycles. The Hall–Kier alpha value is -1.75. The van der Waals surface area contributed by atoms with Gasteiger partial charge in [0.1, 0.15) is 5.82 Å². The van der Waals surface area contributed by atoms with Gasteiger partial charge in [0.2, 0.25) is 5.91 Å². The number of aliphatic hydroxyl groups is 1. The van der Waals surface area contributed by atoms with Crippen molar-refractivity contribution in [1.29, 1.82) is 0 Å². The van der Waals surface area contributed by atoms with E-state index in [1.165, 1.54) is 29.2 Å². The number of carbonyl (C=O) groups excluding carboxylic acids is 2. The van der Waals surface area contributed by atoms with Crippen molar-refractivity contribution in [3.8, 4) is 0 Å². The number of likely N-dealkylation sites (tertiary alicyclic amines) is 1. The fourth-order valence-corrected chi connectivity index (χ4v) is 3.32. The van der Waals surface area contributed by atoms with Gasteiger partial charge in [-0.25, -0.2) is 4.39 Å². The summed E-state index contributed by atoms with van der Waals surface area (Å²) in [5.41, 5.74) is 0.307. The van der Waals surface area contributed by atoms with E-state index in [0.717, 1.165) is 0 Å². The number of amides is 2. The van der Waals surface area contributed by atoms with Crippen LogP contribution in [-0.2, 0) is 4.79 Å². The maximum absolute atomic E-state index is 12.9. The largest absolute Gasteiger partial charge is 0.393 e. The van der Waals surface area contributed by atoms with Crippen LogP contribution in [0.4, 0.5) is 4.39 Å². The molecule has 2 fully saturated rings. The predicted molar refractivity (Wildman–Crippen MR) is 69.3 cm³/mol. The number of halogens is 1. The molecule has 1 aliphatic heterocycles. The molecule has 2 aliphatic rings. The number of piperidine rings is 1. The van der Waals surface area contributed by atoms with Crippen molar-refractivity contribution >= 4 is 11.8 Å². The number of hydrogen-bond donors (Lipinski definition) is 1. The number of imide groups is 1.